The van der Waals surface area contributed by atoms with Crippen LogP contribution in [0.5, 0.6) is 0 Å². The molecule has 0 atom stereocenters. The van der Waals surface area contributed by atoms with Crippen LogP contribution in [0.3, 0.4) is 0 Å². The molecule has 1 rings (SSSR count). The summed E-state index contributed by atoms with van der Waals surface area (Å²) in [5, 5.41) is 8.68. The van der Waals surface area contributed by atoms with E-state index in [0.717, 1.165) is 25.8 Å². The smallest absolute Gasteiger partial charge is 0.317 e. The molecule has 0 spiro atoms. The van der Waals surface area contributed by atoms with Gasteiger partial charge in [0.15, 0.2) is 0 Å². The van der Waals surface area contributed by atoms with Gasteiger partial charge in [-0.3, -0.25) is 14.5 Å². The summed E-state index contributed by atoms with van der Waals surface area (Å²) in [6.45, 7) is 4.37. The van der Waals surface area contributed by atoms with Crippen molar-refractivity contribution in [1.29, 1.82) is 0 Å². The number of carboxylic acid groups (broad SMARTS) is 1. The van der Waals surface area contributed by atoms with E-state index in [1.54, 1.807) is 4.90 Å². The maximum atomic E-state index is 12.0. The largest absolute Gasteiger partial charge is 0.480 e. The Hall–Kier alpha value is -1.10. The lowest BCUT2D eigenvalue weighted by Crippen LogP contribution is -2.42. The van der Waals surface area contributed by atoms with Gasteiger partial charge in [0.25, 0.3) is 0 Å². The molecule has 5 nitrogen and oxygen atoms in total. The molecule has 5 heteroatoms. The van der Waals surface area contributed by atoms with Gasteiger partial charge in [-0.2, -0.15) is 0 Å². The lowest BCUT2D eigenvalue weighted by molar-refractivity contribution is -0.139. The second-order valence-electron chi connectivity index (χ2n) is 4.70. The van der Waals surface area contributed by atoms with Crippen LogP contribution in [0, 0.1) is 5.92 Å². The van der Waals surface area contributed by atoms with Gasteiger partial charge in [0, 0.05) is 19.5 Å². The van der Waals surface area contributed by atoms with E-state index in [1.165, 1.54) is 0 Å². The van der Waals surface area contributed by atoms with Gasteiger partial charge in [-0.1, -0.05) is 14.4 Å². The minimum atomic E-state index is -0.794. The number of hydrogen-bond acceptors (Lipinski definition) is 3. The van der Waals surface area contributed by atoms with Crippen LogP contribution in [0.15, 0.2) is 0 Å². The molecule has 0 aliphatic carbocycles. The Balaban J connectivity index is 0.00000289. The number of hydrogen-bond donors (Lipinski definition) is 1. The van der Waals surface area contributed by atoms with E-state index in [9.17, 15) is 9.59 Å². The van der Waals surface area contributed by atoms with Crippen LogP contribution >= 0.6 is 0 Å². The number of piperidine rings is 1. The van der Waals surface area contributed by atoms with Gasteiger partial charge < -0.3 is 10.0 Å². The monoisotopic (exact) mass is 258 g/mol. The average molecular weight is 258 g/mol. The van der Waals surface area contributed by atoms with Crippen LogP contribution < -0.4 is 0 Å². The fourth-order valence-corrected chi connectivity index (χ4v) is 2.29. The van der Waals surface area contributed by atoms with Crippen LogP contribution in [0.25, 0.3) is 0 Å². The van der Waals surface area contributed by atoms with Crippen molar-refractivity contribution in [2.24, 2.45) is 5.92 Å². The van der Waals surface area contributed by atoms with E-state index < -0.39 is 5.97 Å². The number of rotatable bonds is 5. The summed E-state index contributed by atoms with van der Waals surface area (Å²) in [7, 11) is 1.84. The summed E-state index contributed by atoms with van der Waals surface area (Å²) >= 11 is 0. The maximum absolute atomic E-state index is 12.0. The second kappa shape index (κ2) is 8.08. The Morgan fingerprint density at radius 1 is 1.33 bits per heavy atom. The van der Waals surface area contributed by atoms with Gasteiger partial charge >= 0.3 is 5.97 Å². The highest BCUT2D eigenvalue weighted by Crippen LogP contribution is 2.19. The summed E-state index contributed by atoms with van der Waals surface area (Å²) in [4.78, 5) is 26.3. The predicted molar refractivity (Wildman–Crippen MR) is 71.5 cm³/mol. The van der Waals surface area contributed by atoms with E-state index in [0.29, 0.717) is 13.1 Å². The highest BCUT2D eigenvalue weighted by molar-refractivity contribution is 5.78. The lowest BCUT2D eigenvalue weighted by atomic mass is 9.95. The van der Waals surface area contributed by atoms with Crippen molar-refractivity contribution >= 4 is 11.9 Å². The van der Waals surface area contributed by atoms with E-state index in [1.807, 2.05) is 11.9 Å². The standard InChI is InChI=1S/C12H22N2O3.CH4/c1-3-6-13(2)12(17)10-4-7-14(8-5-10)9-11(15)16;/h10H,3-9H2,1-2H3,(H,15,16);1H4. The molecule has 1 saturated heterocycles. The molecule has 1 heterocycles. The fourth-order valence-electron chi connectivity index (χ4n) is 2.29. The quantitative estimate of drug-likeness (QED) is 0.807. The molecule has 0 aromatic rings. The van der Waals surface area contributed by atoms with Crippen molar-refractivity contribution < 1.29 is 14.7 Å². The van der Waals surface area contributed by atoms with Crippen molar-refractivity contribution in [3.63, 3.8) is 0 Å². The van der Waals surface area contributed by atoms with Gasteiger partial charge in [0.05, 0.1) is 6.54 Å². The van der Waals surface area contributed by atoms with Gasteiger partial charge in [-0.05, 0) is 32.4 Å². The molecule has 0 bridgehead atoms. The zero-order valence-corrected chi connectivity index (χ0v) is 10.7. The van der Waals surface area contributed by atoms with Gasteiger partial charge in [-0.15, -0.1) is 0 Å². The summed E-state index contributed by atoms with van der Waals surface area (Å²) < 4.78 is 0. The zero-order valence-electron chi connectivity index (χ0n) is 10.7. The third-order valence-electron chi connectivity index (χ3n) is 3.23. The fraction of sp³-hybridized carbons (Fsp3) is 0.846. The third kappa shape index (κ3) is 5.04. The minimum Gasteiger partial charge on any atom is -0.480 e. The molecule has 1 amide bonds. The van der Waals surface area contributed by atoms with Crippen molar-refractivity contribution in [3.8, 4) is 0 Å². The first-order chi connectivity index (χ1) is 8.04. The number of nitrogens with zero attached hydrogens (tertiary/aromatic N) is 2. The second-order valence-corrected chi connectivity index (χ2v) is 4.70. The summed E-state index contributed by atoms with van der Waals surface area (Å²) in [6, 6.07) is 0. The number of carbonyl (C=O) groups excluding carboxylic acids is 1. The Labute approximate surface area is 110 Å². The van der Waals surface area contributed by atoms with Gasteiger partial charge in [0.1, 0.15) is 0 Å². The number of carboxylic acids is 1. The van der Waals surface area contributed by atoms with Crippen LogP contribution in [-0.2, 0) is 9.59 Å². The Morgan fingerprint density at radius 2 is 1.89 bits per heavy atom. The Bertz CT molecular complexity index is 273. The summed E-state index contributed by atoms with van der Waals surface area (Å²) in [6.07, 6.45) is 2.53. The molecule has 1 aliphatic heterocycles. The SMILES string of the molecule is C.CCCN(C)C(=O)C1CCN(CC(=O)O)CC1. The first-order valence-corrected chi connectivity index (χ1v) is 6.23. The highest BCUT2D eigenvalue weighted by atomic mass is 16.4. The highest BCUT2D eigenvalue weighted by Gasteiger charge is 2.27. The van der Waals surface area contributed by atoms with Crippen molar-refractivity contribution in [2.45, 2.75) is 33.6 Å². The molecule has 1 aliphatic rings. The number of aliphatic carboxylic acids is 1. The lowest BCUT2D eigenvalue weighted by Gasteiger charge is -2.32. The number of likely N-dealkylation sites (tertiary alicyclic amines) is 1. The zero-order chi connectivity index (χ0) is 12.8. The molecule has 0 aromatic heterocycles. The van der Waals surface area contributed by atoms with Crippen molar-refractivity contribution in [3.05, 3.63) is 0 Å². The van der Waals surface area contributed by atoms with Crippen LogP contribution in [-0.4, -0.2) is 60.0 Å². The van der Waals surface area contributed by atoms with Crippen molar-refractivity contribution in [1.82, 2.24) is 9.80 Å². The first kappa shape index (κ1) is 16.9. The molecule has 0 unspecified atom stereocenters. The topological polar surface area (TPSA) is 60.9 Å². The van der Waals surface area contributed by atoms with E-state index in [-0.39, 0.29) is 25.8 Å². The van der Waals surface area contributed by atoms with E-state index >= 15 is 0 Å². The van der Waals surface area contributed by atoms with Crippen molar-refractivity contribution in [2.75, 3.05) is 33.2 Å². The van der Waals surface area contributed by atoms with Crippen LogP contribution in [0.4, 0.5) is 0 Å². The molecule has 1 fully saturated rings. The molecular formula is C13H26N2O3. The third-order valence-corrected chi connectivity index (χ3v) is 3.23. The number of carbonyl (C=O) groups is 2. The summed E-state index contributed by atoms with van der Waals surface area (Å²) in [5.74, 6) is -0.503. The van der Waals surface area contributed by atoms with Gasteiger partial charge in [0.2, 0.25) is 5.91 Å². The predicted octanol–water partition coefficient (Wildman–Crippen LogP) is 1.29. The maximum Gasteiger partial charge on any atom is 0.317 e. The minimum absolute atomic E-state index is 0. The molecule has 18 heavy (non-hydrogen) atoms. The Kier molecular flexibility index (Phi) is 7.59. The van der Waals surface area contributed by atoms with Gasteiger partial charge in [-0.25, -0.2) is 0 Å². The van der Waals surface area contributed by atoms with Crippen LogP contribution in [0.2, 0.25) is 0 Å². The molecule has 1 N–H and O–H groups in total. The summed E-state index contributed by atoms with van der Waals surface area (Å²) in [5.41, 5.74) is 0. The van der Waals surface area contributed by atoms with E-state index in [4.69, 9.17) is 5.11 Å². The normalized spacial score (nSPS) is 17.0. The average Bonchev–Trinajstić information content (AvgIpc) is 2.28. The molecule has 0 saturated carbocycles. The molecule has 0 aromatic carbocycles. The molecular weight excluding hydrogens is 232 g/mol. The van der Waals surface area contributed by atoms with E-state index in [2.05, 4.69) is 6.92 Å². The molecule has 106 valence electrons. The Morgan fingerprint density at radius 3 is 2.33 bits per heavy atom. The van der Waals surface area contributed by atoms with Crippen LogP contribution in [0.1, 0.15) is 33.6 Å². The first-order valence-electron chi connectivity index (χ1n) is 6.23. The molecule has 0 radical (unpaired) electrons. The number of amides is 1.